The number of carboxylic acid groups (broad SMARTS) is 1. The molecule has 1 rings (SSSR count). The van der Waals surface area contributed by atoms with Gasteiger partial charge in [-0.2, -0.15) is 11.8 Å². The topological polar surface area (TPSA) is 255 Å². The van der Waals surface area contributed by atoms with Gasteiger partial charge in [0.1, 0.15) is 36.3 Å². The van der Waals surface area contributed by atoms with Crippen molar-refractivity contribution >= 4 is 59.1 Å². The summed E-state index contributed by atoms with van der Waals surface area (Å²) in [5.41, 5.74) is 6.07. The van der Waals surface area contributed by atoms with Gasteiger partial charge in [-0.25, -0.2) is 0 Å². The number of primary amides is 1. The van der Waals surface area contributed by atoms with Crippen LogP contribution in [-0.2, 0) is 44.8 Å². The number of rotatable bonds is 24. The number of carbonyl (C=O) groups excluding carboxylic acids is 7. The van der Waals surface area contributed by atoms with Crippen molar-refractivity contribution < 1.29 is 43.5 Å². The largest absolute Gasteiger partial charge is 0.481 e. The second-order valence-electron chi connectivity index (χ2n) is 13.8. The summed E-state index contributed by atoms with van der Waals surface area (Å²) in [6, 6.07) is 1.41. The summed E-state index contributed by atoms with van der Waals surface area (Å²) in [5.74, 6) is -7.04. The molecule has 0 radical (unpaired) electrons. The minimum absolute atomic E-state index is 0.0660. The Balaban J connectivity index is 3.41. The fraction of sp³-hybridized carbons (Fsp3) is 0.622. The first-order valence-corrected chi connectivity index (χ1v) is 19.6. The smallest absolute Gasteiger partial charge is 0.305 e. The predicted molar refractivity (Wildman–Crippen MR) is 206 cm³/mol. The van der Waals surface area contributed by atoms with E-state index in [9.17, 15) is 43.5 Å². The molecule has 0 aliphatic carbocycles. The molecule has 0 saturated carbocycles. The highest BCUT2D eigenvalue weighted by Crippen LogP contribution is 2.14. The van der Waals surface area contributed by atoms with E-state index in [-0.39, 0.29) is 18.8 Å². The summed E-state index contributed by atoms with van der Waals surface area (Å²) < 4.78 is 0. The molecule has 0 spiro atoms. The molecule has 0 fully saturated rings. The molecule has 0 unspecified atom stereocenters. The van der Waals surface area contributed by atoms with E-state index >= 15 is 0 Å². The molecular weight excluding hydrogens is 719 g/mol. The number of hydrogen-bond acceptors (Lipinski definition) is 9. The van der Waals surface area contributed by atoms with Crippen LogP contribution in [0.5, 0.6) is 0 Å². The first-order chi connectivity index (χ1) is 25.4. The summed E-state index contributed by atoms with van der Waals surface area (Å²) in [7, 11) is 0. The Bertz CT molecular complexity index is 1450. The van der Waals surface area contributed by atoms with Gasteiger partial charge in [-0.1, -0.05) is 84.7 Å². The Morgan fingerprint density at radius 2 is 1.13 bits per heavy atom. The Labute approximate surface area is 322 Å². The van der Waals surface area contributed by atoms with Crippen molar-refractivity contribution in [3.63, 3.8) is 0 Å². The summed E-state index contributed by atoms with van der Waals surface area (Å²) >= 11 is 1.41. The number of benzene rings is 1. The molecule has 0 aliphatic rings. The maximum absolute atomic E-state index is 14.0. The zero-order valence-electron chi connectivity index (χ0n) is 32.5. The van der Waals surface area contributed by atoms with Gasteiger partial charge in [0.15, 0.2) is 0 Å². The Morgan fingerprint density at radius 1 is 0.667 bits per heavy atom. The molecule has 0 aromatic heterocycles. The SMILES string of the molecule is CC[C@H](C)[C@H](NC(C)=O)C(=O)N[C@H](C(=O)N[C@H](C(=O)N[C@@H](Cc1ccccc1)C(=O)N[C@@H](CC(=O)O)C(=O)N[C@@H](CCSC)C(N)=O)[C@@H](C)CC)C(C)C. The van der Waals surface area contributed by atoms with Crippen LogP contribution in [0, 0.1) is 17.8 Å². The number of carboxylic acids is 1. The van der Waals surface area contributed by atoms with E-state index in [0.717, 1.165) is 0 Å². The maximum Gasteiger partial charge on any atom is 0.305 e. The highest BCUT2D eigenvalue weighted by atomic mass is 32.2. The number of nitrogens with two attached hydrogens (primary N) is 1. The second-order valence-corrected chi connectivity index (χ2v) is 14.8. The van der Waals surface area contributed by atoms with Crippen LogP contribution < -0.4 is 37.6 Å². The number of nitrogens with one attached hydrogen (secondary N) is 6. The number of hydrogen-bond donors (Lipinski definition) is 8. The normalized spacial score (nSPS) is 15.5. The van der Waals surface area contributed by atoms with Gasteiger partial charge in [0.05, 0.1) is 6.42 Å². The van der Waals surface area contributed by atoms with Gasteiger partial charge in [-0.15, -0.1) is 0 Å². The Morgan fingerprint density at radius 3 is 1.61 bits per heavy atom. The van der Waals surface area contributed by atoms with E-state index in [1.54, 1.807) is 64.3 Å². The van der Waals surface area contributed by atoms with E-state index in [4.69, 9.17) is 5.73 Å². The van der Waals surface area contributed by atoms with Crippen LogP contribution in [0.15, 0.2) is 30.3 Å². The summed E-state index contributed by atoms with van der Waals surface area (Å²) in [6.07, 6.45) is 2.10. The third kappa shape index (κ3) is 16.1. The van der Waals surface area contributed by atoms with Crippen molar-refractivity contribution in [2.75, 3.05) is 12.0 Å². The molecule has 16 nitrogen and oxygen atoms in total. The Hall–Kier alpha value is -4.67. The zero-order chi connectivity index (χ0) is 41.1. The molecule has 8 atom stereocenters. The minimum atomic E-state index is -1.63. The van der Waals surface area contributed by atoms with Gasteiger partial charge in [0, 0.05) is 13.3 Å². The average molecular weight is 778 g/mol. The van der Waals surface area contributed by atoms with Crippen molar-refractivity contribution in [2.24, 2.45) is 23.5 Å². The molecule has 302 valence electrons. The monoisotopic (exact) mass is 777 g/mol. The fourth-order valence-electron chi connectivity index (χ4n) is 5.41. The lowest BCUT2D eigenvalue weighted by Gasteiger charge is -2.31. The van der Waals surface area contributed by atoms with Crippen molar-refractivity contribution in [1.29, 1.82) is 0 Å². The minimum Gasteiger partial charge on any atom is -0.481 e. The highest BCUT2D eigenvalue weighted by Gasteiger charge is 2.36. The molecule has 54 heavy (non-hydrogen) atoms. The Kier molecular flexibility index (Phi) is 20.9. The van der Waals surface area contributed by atoms with Gasteiger partial charge < -0.3 is 42.7 Å². The molecule has 9 N–H and O–H groups in total. The fourth-order valence-corrected chi connectivity index (χ4v) is 5.89. The van der Waals surface area contributed by atoms with Crippen LogP contribution in [0.4, 0.5) is 0 Å². The van der Waals surface area contributed by atoms with Crippen LogP contribution in [0.25, 0.3) is 0 Å². The molecule has 0 aliphatic heterocycles. The lowest BCUT2D eigenvalue weighted by molar-refractivity contribution is -0.141. The van der Waals surface area contributed by atoms with Crippen molar-refractivity contribution in [3.05, 3.63) is 35.9 Å². The van der Waals surface area contributed by atoms with Gasteiger partial charge in [-0.05, 0) is 41.7 Å². The molecule has 17 heteroatoms. The van der Waals surface area contributed by atoms with Crippen molar-refractivity contribution in [1.82, 2.24) is 31.9 Å². The lowest BCUT2D eigenvalue weighted by atomic mass is 9.94. The summed E-state index contributed by atoms with van der Waals surface area (Å²) in [5, 5.41) is 25.2. The third-order valence-corrected chi connectivity index (χ3v) is 9.74. The van der Waals surface area contributed by atoms with Crippen LogP contribution in [-0.4, -0.2) is 101 Å². The number of aliphatic carboxylic acids is 1. The molecule has 0 saturated heterocycles. The van der Waals surface area contributed by atoms with Crippen LogP contribution >= 0.6 is 11.8 Å². The van der Waals surface area contributed by atoms with Crippen LogP contribution in [0.1, 0.15) is 79.7 Å². The molecule has 0 bridgehead atoms. The van der Waals surface area contributed by atoms with Crippen molar-refractivity contribution in [3.8, 4) is 0 Å². The number of carbonyl (C=O) groups is 8. The summed E-state index contributed by atoms with van der Waals surface area (Å²) in [4.78, 5) is 104. The van der Waals surface area contributed by atoms with E-state index in [1.165, 1.54) is 18.7 Å². The van der Waals surface area contributed by atoms with Gasteiger partial charge in [-0.3, -0.25) is 38.4 Å². The van der Waals surface area contributed by atoms with E-state index in [1.807, 2.05) is 13.8 Å². The quantitative estimate of drug-likeness (QED) is 0.0726. The lowest BCUT2D eigenvalue weighted by Crippen LogP contribution is -2.62. The van der Waals surface area contributed by atoms with Crippen LogP contribution in [0.2, 0.25) is 0 Å². The predicted octanol–water partition coefficient (Wildman–Crippen LogP) is 0.619. The highest BCUT2D eigenvalue weighted by molar-refractivity contribution is 7.98. The molecule has 7 amide bonds. The zero-order valence-corrected chi connectivity index (χ0v) is 33.3. The molecule has 1 aromatic rings. The van der Waals surface area contributed by atoms with Gasteiger partial charge in [0.25, 0.3) is 0 Å². The van der Waals surface area contributed by atoms with Gasteiger partial charge in [0.2, 0.25) is 41.4 Å². The van der Waals surface area contributed by atoms with Crippen LogP contribution in [0.3, 0.4) is 0 Å². The average Bonchev–Trinajstić information content (AvgIpc) is 3.11. The van der Waals surface area contributed by atoms with Crippen molar-refractivity contribution in [2.45, 2.75) is 117 Å². The standard InChI is InChI=1S/C37H59N7O9S/c1-9-21(5)30(39-23(7)45)37(53)43-29(20(3)4)35(51)44-31(22(6)10-2)36(52)42-26(18-24-14-12-11-13-15-24)33(49)41-27(19-28(46)47)34(50)40-25(32(38)48)16-17-54-8/h11-15,20-22,25-27,29-31H,9-10,16-19H2,1-8H3,(H2,38,48)(H,39,45)(H,40,50)(H,41,49)(H,42,52)(H,43,53)(H,44,51)(H,46,47)/t21-,22-,25-,26-,27-,29-,30-,31-/m0/s1. The number of thioether (sulfide) groups is 1. The van der Waals surface area contributed by atoms with Gasteiger partial charge >= 0.3 is 5.97 Å². The second kappa shape index (κ2) is 23.9. The maximum atomic E-state index is 14.0. The first-order valence-electron chi connectivity index (χ1n) is 18.2. The molecule has 0 heterocycles. The number of amides is 7. The van der Waals surface area contributed by atoms with E-state index in [0.29, 0.717) is 24.2 Å². The molecular formula is C37H59N7O9S. The first kappa shape index (κ1) is 47.4. The van der Waals surface area contributed by atoms with E-state index < -0.39 is 102 Å². The third-order valence-electron chi connectivity index (χ3n) is 9.09. The van der Waals surface area contributed by atoms with E-state index in [2.05, 4.69) is 31.9 Å². The summed E-state index contributed by atoms with van der Waals surface area (Å²) in [6.45, 7) is 11.9. The molecule has 1 aromatic carbocycles.